The molecule has 0 saturated carbocycles. The molecule has 3 aromatic heterocycles. The molecule has 17 heteroatoms. The minimum atomic E-state index is -4.83. The summed E-state index contributed by atoms with van der Waals surface area (Å²) in [6.07, 6.45) is -6.58. The predicted molar refractivity (Wildman–Crippen MR) is 162 cm³/mol. The zero-order chi connectivity index (χ0) is 34.4. The van der Waals surface area contributed by atoms with Gasteiger partial charge in [0.2, 0.25) is 11.6 Å². The number of benzene rings is 2. The maximum Gasteiger partial charge on any atom is 0.416 e. The van der Waals surface area contributed by atoms with Crippen molar-refractivity contribution in [3.8, 4) is 17.2 Å². The van der Waals surface area contributed by atoms with Crippen molar-refractivity contribution in [3.63, 3.8) is 0 Å². The summed E-state index contributed by atoms with van der Waals surface area (Å²) in [6, 6.07) is 7.89. The summed E-state index contributed by atoms with van der Waals surface area (Å²) in [5, 5.41) is 20.1. The molecule has 0 fully saturated rings. The number of thioether (sulfide) groups is 1. The van der Waals surface area contributed by atoms with Gasteiger partial charge >= 0.3 is 12.4 Å². The molecule has 3 heterocycles. The molecule has 0 atom stereocenters. The average molecular weight is 735 g/mol. The fourth-order valence-electron chi connectivity index (χ4n) is 4.50. The highest BCUT2D eigenvalue weighted by molar-refractivity contribution is 7.98. The van der Waals surface area contributed by atoms with Gasteiger partial charge in [0.1, 0.15) is 27.4 Å². The van der Waals surface area contributed by atoms with E-state index < -0.39 is 63.4 Å². The second-order valence-electron chi connectivity index (χ2n) is 9.76. The number of H-pyrrole nitrogens is 1. The molecule has 7 nitrogen and oxygen atoms in total. The van der Waals surface area contributed by atoms with E-state index in [9.17, 15) is 46.1 Å². The highest BCUT2D eigenvalue weighted by atomic mass is 35.5. The first kappa shape index (κ1) is 34.2. The molecule has 0 bridgehead atoms. The molecule has 47 heavy (non-hydrogen) atoms. The Balaban J connectivity index is 1.71. The molecule has 5 aromatic rings. The van der Waals surface area contributed by atoms with Gasteiger partial charge in [0.25, 0.3) is 0 Å². The fourth-order valence-corrected chi connectivity index (χ4v) is 6.26. The van der Waals surface area contributed by atoms with Crippen molar-refractivity contribution in [1.82, 2.24) is 14.5 Å². The van der Waals surface area contributed by atoms with Crippen molar-refractivity contribution in [2.45, 2.75) is 23.1 Å². The Bertz CT molecular complexity index is 2030. The minimum Gasteiger partial charge on any atom is -0.507 e. The topological polar surface area (TPSA) is 108 Å². The van der Waals surface area contributed by atoms with Crippen molar-refractivity contribution >= 4 is 58.1 Å². The molecule has 0 aliphatic rings. The molecule has 2 aromatic carbocycles. The van der Waals surface area contributed by atoms with E-state index >= 15 is 0 Å². The molecular formula is C30H16Cl3F6N3O4S. The van der Waals surface area contributed by atoms with Crippen molar-refractivity contribution in [3.05, 3.63) is 121 Å². The smallest absolute Gasteiger partial charge is 0.416 e. The minimum absolute atomic E-state index is 0.0773. The first-order chi connectivity index (χ1) is 22.0. The lowest BCUT2D eigenvalue weighted by Gasteiger charge is -2.16. The van der Waals surface area contributed by atoms with E-state index in [4.69, 9.17) is 34.8 Å². The second kappa shape index (κ2) is 12.8. The number of nitrogens with one attached hydrogen (secondary N) is 1. The van der Waals surface area contributed by atoms with Gasteiger partial charge in [0, 0.05) is 18.1 Å². The third-order valence-electron chi connectivity index (χ3n) is 6.70. The molecule has 0 unspecified atom stereocenters. The van der Waals surface area contributed by atoms with Gasteiger partial charge in [-0.05, 0) is 54.1 Å². The Morgan fingerprint density at radius 1 is 0.851 bits per heavy atom. The Morgan fingerprint density at radius 3 is 1.94 bits per heavy atom. The lowest BCUT2D eigenvalue weighted by atomic mass is 10.0. The molecule has 0 aliphatic heterocycles. The summed E-state index contributed by atoms with van der Waals surface area (Å²) in [7, 11) is 0. The summed E-state index contributed by atoms with van der Waals surface area (Å²) in [5.74, 6) is -3.99. The van der Waals surface area contributed by atoms with Crippen LogP contribution in [0.4, 0.5) is 26.3 Å². The zero-order valence-corrected chi connectivity index (χ0v) is 26.1. The number of nitrogens with zero attached hydrogens (tertiary/aromatic N) is 2. The van der Waals surface area contributed by atoms with Crippen LogP contribution in [0.2, 0.25) is 15.2 Å². The van der Waals surface area contributed by atoms with E-state index in [1.807, 2.05) is 0 Å². The number of alkyl halides is 6. The van der Waals surface area contributed by atoms with Gasteiger partial charge in [0.15, 0.2) is 0 Å². The van der Waals surface area contributed by atoms with Crippen molar-refractivity contribution in [2.75, 3.05) is 0 Å². The van der Waals surface area contributed by atoms with Crippen LogP contribution in [0.25, 0.3) is 5.69 Å². The number of hydrogen-bond donors (Lipinski definition) is 3. The van der Waals surface area contributed by atoms with E-state index in [2.05, 4.69) is 9.97 Å². The van der Waals surface area contributed by atoms with E-state index in [-0.39, 0.29) is 37.4 Å². The number of hydrogen-bond acceptors (Lipinski definition) is 6. The van der Waals surface area contributed by atoms with E-state index in [1.54, 1.807) is 18.3 Å². The monoisotopic (exact) mass is 733 g/mol. The first-order valence-electron chi connectivity index (χ1n) is 12.9. The van der Waals surface area contributed by atoms with Gasteiger partial charge < -0.3 is 15.2 Å². The van der Waals surface area contributed by atoms with Crippen LogP contribution >= 0.6 is 46.6 Å². The van der Waals surface area contributed by atoms with Crippen LogP contribution in [0.5, 0.6) is 11.5 Å². The Hall–Kier alpha value is -4.11. The maximum atomic E-state index is 13.9. The molecule has 0 amide bonds. The lowest BCUT2D eigenvalue weighted by molar-refractivity contribution is -0.138. The maximum absolute atomic E-state index is 13.9. The number of carbonyl (C=O) groups is 2. The number of aromatic amines is 1. The number of rotatable bonds is 8. The Morgan fingerprint density at radius 2 is 1.43 bits per heavy atom. The summed E-state index contributed by atoms with van der Waals surface area (Å²) in [5.41, 5.74) is -4.12. The number of ketones is 2. The highest BCUT2D eigenvalue weighted by Gasteiger charge is 2.35. The Labute approximate surface area is 279 Å². The van der Waals surface area contributed by atoms with Crippen LogP contribution in [0.3, 0.4) is 0 Å². The first-order valence-corrected chi connectivity index (χ1v) is 15.0. The number of carbonyl (C=O) groups excluding carboxylic acids is 2. The van der Waals surface area contributed by atoms with Crippen LogP contribution in [0, 0.1) is 0 Å². The standard InChI is InChI=1S/C30H16Cl3F6N3O4S/c31-18-10-19(25(45)16-5-3-14(8-20(16)43)29(34,35)36)42(28(18)47-12-13-2-1-7-40-11-13)24-22(32)27(33)41-23(24)26(46)17-6-4-15(9-21(17)44)30(37,38)39/h1-11,41,43-44H,12H2. The summed E-state index contributed by atoms with van der Waals surface area (Å²) in [6.45, 7) is 0. The van der Waals surface area contributed by atoms with Gasteiger partial charge in [-0.25, -0.2) is 0 Å². The van der Waals surface area contributed by atoms with Crippen molar-refractivity contribution in [1.29, 1.82) is 0 Å². The van der Waals surface area contributed by atoms with Gasteiger partial charge in [0.05, 0.1) is 43.7 Å². The largest absolute Gasteiger partial charge is 0.507 e. The van der Waals surface area contributed by atoms with Gasteiger partial charge in [-0.1, -0.05) is 40.9 Å². The van der Waals surface area contributed by atoms with Crippen LogP contribution in [0.15, 0.2) is 72.0 Å². The van der Waals surface area contributed by atoms with Crippen molar-refractivity contribution in [2.24, 2.45) is 0 Å². The van der Waals surface area contributed by atoms with Gasteiger partial charge in [-0.3, -0.25) is 19.1 Å². The number of aromatic nitrogens is 3. The molecule has 3 N–H and O–H groups in total. The third kappa shape index (κ3) is 6.82. The van der Waals surface area contributed by atoms with Crippen LogP contribution < -0.4 is 0 Å². The number of halogens is 9. The Kier molecular flexibility index (Phi) is 9.34. The van der Waals surface area contributed by atoms with Crippen LogP contribution in [0.1, 0.15) is 48.8 Å². The summed E-state index contributed by atoms with van der Waals surface area (Å²) < 4.78 is 80.5. The summed E-state index contributed by atoms with van der Waals surface area (Å²) >= 11 is 20.4. The lowest BCUT2D eigenvalue weighted by Crippen LogP contribution is -2.14. The molecule has 0 spiro atoms. The second-order valence-corrected chi connectivity index (χ2v) is 11.9. The number of pyridine rings is 1. The van der Waals surface area contributed by atoms with Gasteiger partial charge in [-0.15, -0.1) is 11.8 Å². The van der Waals surface area contributed by atoms with E-state index in [1.165, 1.54) is 6.20 Å². The molecule has 0 saturated heterocycles. The number of phenolic OH excluding ortho intramolecular Hbond substituents is 2. The third-order valence-corrected chi connectivity index (χ3v) is 9.01. The average Bonchev–Trinajstić information content (AvgIpc) is 3.48. The molecular weight excluding hydrogens is 719 g/mol. The normalized spacial score (nSPS) is 12.0. The highest BCUT2D eigenvalue weighted by Crippen LogP contribution is 2.43. The predicted octanol–water partition coefficient (Wildman–Crippen LogP) is 9.36. The molecule has 244 valence electrons. The van der Waals surface area contributed by atoms with Crippen LogP contribution in [-0.4, -0.2) is 36.3 Å². The SMILES string of the molecule is O=C(c1ccc(C(F)(F)F)cc1O)c1[nH]c(Cl)c(Cl)c1-n1c(C(=O)c2ccc(C(F)(F)F)cc2O)cc(Cl)c1SCc1cccnc1. The van der Waals surface area contributed by atoms with Gasteiger partial charge in [-0.2, -0.15) is 26.3 Å². The molecule has 0 radical (unpaired) electrons. The molecule has 0 aliphatic carbocycles. The quantitative estimate of drug-likeness (QED) is 0.0833. The zero-order valence-electron chi connectivity index (χ0n) is 23.0. The number of phenols is 2. The van der Waals surface area contributed by atoms with Crippen molar-refractivity contribution < 1.29 is 46.1 Å². The fraction of sp³-hybridized carbons (Fsp3) is 0.100. The van der Waals surface area contributed by atoms with Crippen LogP contribution in [-0.2, 0) is 18.1 Å². The van der Waals surface area contributed by atoms with E-state index in [0.717, 1.165) is 34.5 Å². The molecule has 5 rings (SSSR count). The summed E-state index contributed by atoms with van der Waals surface area (Å²) in [4.78, 5) is 34.1. The number of aromatic hydroxyl groups is 2. The van der Waals surface area contributed by atoms with E-state index in [0.29, 0.717) is 29.8 Å².